The Morgan fingerprint density at radius 2 is 1.96 bits per heavy atom. The largest absolute Gasteiger partial charge is 0.381 e. The van der Waals surface area contributed by atoms with Crippen LogP contribution in [0.25, 0.3) is 22.3 Å². The fraction of sp³-hybridized carbons (Fsp3) is 0.476. The van der Waals surface area contributed by atoms with E-state index < -0.39 is 0 Å². The number of aromatic nitrogens is 4. The van der Waals surface area contributed by atoms with Gasteiger partial charge in [-0.3, -0.25) is 9.67 Å². The molecule has 0 amide bonds. The minimum Gasteiger partial charge on any atom is -0.381 e. The van der Waals surface area contributed by atoms with Crippen molar-refractivity contribution in [3.63, 3.8) is 0 Å². The third-order valence-electron chi connectivity index (χ3n) is 6.07. The SMILES string of the molecule is NCC1CC(n2cc(-c3cnc4ccc(C5CCOCC5)cc4n3)cn2)C1. The summed E-state index contributed by atoms with van der Waals surface area (Å²) in [4.78, 5) is 9.50. The summed E-state index contributed by atoms with van der Waals surface area (Å²) in [5, 5.41) is 4.55. The van der Waals surface area contributed by atoms with Gasteiger partial charge in [-0.1, -0.05) is 6.07 Å². The molecule has 1 aromatic carbocycles. The fourth-order valence-corrected chi connectivity index (χ4v) is 4.23. The van der Waals surface area contributed by atoms with Gasteiger partial charge in [0.05, 0.1) is 35.2 Å². The van der Waals surface area contributed by atoms with Crippen molar-refractivity contribution in [3.8, 4) is 11.3 Å². The van der Waals surface area contributed by atoms with E-state index in [1.54, 1.807) is 0 Å². The van der Waals surface area contributed by atoms with Gasteiger partial charge in [0, 0.05) is 25.0 Å². The molecular weight excluding hydrogens is 338 g/mol. The Morgan fingerprint density at radius 3 is 2.78 bits per heavy atom. The molecule has 2 N–H and O–H groups in total. The van der Waals surface area contributed by atoms with Gasteiger partial charge in [0.2, 0.25) is 0 Å². The number of nitrogens with zero attached hydrogens (tertiary/aromatic N) is 4. The van der Waals surface area contributed by atoms with E-state index >= 15 is 0 Å². The molecule has 0 unspecified atom stereocenters. The first kappa shape index (κ1) is 16.8. The number of benzene rings is 1. The first-order valence-electron chi connectivity index (χ1n) is 9.89. The maximum Gasteiger partial charge on any atom is 0.0924 e. The molecule has 3 heterocycles. The number of rotatable bonds is 4. The molecular formula is C21H25N5O. The zero-order valence-corrected chi connectivity index (χ0v) is 15.4. The van der Waals surface area contributed by atoms with Crippen molar-refractivity contribution in [3.05, 3.63) is 42.4 Å². The molecule has 6 heteroatoms. The van der Waals surface area contributed by atoms with Crippen LogP contribution in [0.15, 0.2) is 36.8 Å². The van der Waals surface area contributed by atoms with Gasteiger partial charge in [0.15, 0.2) is 0 Å². The molecule has 0 bridgehead atoms. The average Bonchev–Trinajstić information content (AvgIpc) is 3.17. The summed E-state index contributed by atoms with van der Waals surface area (Å²) >= 11 is 0. The molecule has 2 aromatic heterocycles. The highest BCUT2D eigenvalue weighted by atomic mass is 16.5. The van der Waals surface area contributed by atoms with Crippen LogP contribution in [0, 0.1) is 5.92 Å². The van der Waals surface area contributed by atoms with E-state index in [1.165, 1.54) is 5.56 Å². The second kappa shape index (κ2) is 7.02. The van der Waals surface area contributed by atoms with E-state index in [2.05, 4.69) is 39.2 Å². The van der Waals surface area contributed by atoms with Gasteiger partial charge in [-0.15, -0.1) is 0 Å². The van der Waals surface area contributed by atoms with Gasteiger partial charge in [-0.2, -0.15) is 5.10 Å². The zero-order valence-electron chi connectivity index (χ0n) is 15.4. The molecule has 2 fully saturated rings. The Kier molecular flexibility index (Phi) is 4.38. The summed E-state index contributed by atoms with van der Waals surface area (Å²) in [6.07, 6.45) is 10.2. The van der Waals surface area contributed by atoms with Crippen LogP contribution in [-0.4, -0.2) is 39.5 Å². The lowest BCUT2D eigenvalue weighted by Gasteiger charge is -2.34. The van der Waals surface area contributed by atoms with Crippen LogP contribution in [-0.2, 0) is 4.74 Å². The Hall–Kier alpha value is -2.31. The molecule has 3 aromatic rings. The van der Waals surface area contributed by atoms with Gasteiger partial charge in [-0.25, -0.2) is 4.98 Å². The van der Waals surface area contributed by atoms with Crippen LogP contribution in [0.2, 0.25) is 0 Å². The first-order valence-corrected chi connectivity index (χ1v) is 9.89. The predicted molar refractivity (Wildman–Crippen MR) is 104 cm³/mol. The monoisotopic (exact) mass is 363 g/mol. The maximum absolute atomic E-state index is 5.73. The van der Waals surface area contributed by atoms with E-state index in [4.69, 9.17) is 15.5 Å². The van der Waals surface area contributed by atoms with Crippen molar-refractivity contribution in [1.82, 2.24) is 19.7 Å². The lowest BCUT2D eigenvalue weighted by atomic mass is 9.80. The summed E-state index contributed by atoms with van der Waals surface area (Å²) in [5.41, 5.74) is 10.9. The van der Waals surface area contributed by atoms with Crippen LogP contribution < -0.4 is 5.73 Å². The molecule has 1 saturated heterocycles. The lowest BCUT2D eigenvalue weighted by Crippen LogP contribution is -2.32. The topological polar surface area (TPSA) is 78.9 Å². The molecule has 1 saturated carbocycles. The van der Waals surface area contributed by atoms with Crippen LogP contribution in [0.5, 0.6) is 0 Å². The molecule has 5 rings (SSSR count). The average molecular weight is 363 g/mol. The Bertz CT molecular complexity index is 941. The molecule has 27 heavy (non-hydrogen) atoms. The summed E-state index contributed by atoms with van der Waals surface area (Å²) in [7, 11) is 0. The minimum absolute atomic E-state index is 0.473. The predicted octanol–water partition coefficient (Wildman–Crippen LogP) is 3.30. The van der Waals surface area contributed by atoms with Gasteiger partial charge in [-0.05, 0) is 61.8 Å². The summed E-state index contributed by atoms with van der Waals surface area (Å²) < 4.78 is 7.55. The normalized spacial score (nSPS) is 23.4. The molecule has 0 spiro atoms. The number of ether oxygens (including phenoxy) is 1. The molecule has 140 valence electrons. The van der Waals surface area contributed by atoms with E-state index in [-0.39, 0.29) is 0 Å². The molecule has 0 radical (unpaired) electrons. The van der Waals surface area contributed by atoms with E-state index in [1.807, 2.05) is 12.4 Å². The molecule has 0 atom stereocenters. The summed E-state index contributed by atoms with van der Waals surface area (Å²) in [6, 6.07) is 6.95. The third-order valence-corrected chi connectivity index (χ3v) is 6.07. The van der Waals surface area contributed by atoms with Crippen molar-refractivity contribution in [2.45, 2.75) is 37.6 Å². The number of hydrogen-bond acceptors (Lipinski definition) is 5. The highest BCUT2D eigenvalue weighted by Crippen LogP contribution is 2.37. The van der Waals surface area contributed by atoms with Gasteiger partial charge in [0.25, 0.3) is 0 Å². The van der Waals surface area contributed by atoms with Crippen molar-refractivity contribution in [2.75, 3.05) is 19.8 Å². The van der Waals surface area contributed by atoms with Gasteiger partial charge >= 0.3 is 0 Å². The second-order valence-corrected chi connectivity index (χ2v) is 7.83. The Morgan fingerprint density at radius 1 is 1.11 bits per heavy atom. The molecule has 1 aliphatic carbocycles. The van der Waals surface area contributed by atoms with Crippen molar-refractivity contribution >= 4 is 11.0 Å². The number of hydrogen-bond donors (Lipinski definition) is 1. The summed E-state index contributed by atoms with van der Waals surface area (Å²) in [6.45, 7) is 2.47. The molecule has 1 aliphatic heterocycles. The molecule has 6 nitrogen and oxygen atoms in total. The van der Waals surface area contributed by atoms with Crippen molar-refractivity contribution in [1.29, 1.82) is 0 Å². The van der Waals surface area contributed by atoms with Crippen LogP contribution >= 0.6 is 0 Å². The first-order chi connectivity index (χ1) is 13.3. The smallest absolute Gasteiger partial charge is 0.0924 e. The third kappa shape index (κ3) is 3.24. The molecule has 2 aliphatic rings. The van der Waals surface area contributed by atoms with Crippen molar-refractivity contribution < 1.29 is 4.74 Å². The number of fused-ring (bicyclic) bond motifs is 1. The fourth-order valence-electron chi connectivity index (χ4n) is 4.23. The van der Waals surface area contributed by atoms with Crippen LogP contribution in [0.4, 0.5) is 0 Å². The van der Waals surface area contributed by atoms with Gasteiger partial charge < -0.3 is 10.5 Å². The Labute approximate surface area is 158 Å². The van der Waals surface area contributed by atoms with Crippen LogP contribution in [0.1, 0.15) is 43.2 Å². The standard InChI is InChI=1S/C21H25N5O/c22-10-14-7-18(8-14)26-13-17(11-24-26)21-12-23-19-2-1-16(9-20(19)25-21)15-3-5-27-6-4-15/h1-2,9,11-15,18H,3-8,10,22H2. The quantitative estimate of drug-likeness (QED) is 0.769. The summed E-state index contributed by atoms with van der Waals surface area (Å²) in [5.74, 6) is 1.21. The second-order valence-electron chi connectivity index (χ2n) is 7.83. The van der Waals surface area contributed by atoms with E-state index in [0.29, 0.717) is 17.9 Å². The maximum atomic E-state index is 5.73. The highest BCUT2D eigenvalue weighted by Gasteiger charge is 2.30. The van der Waals surface area contributed by atoms with E-state index in [9.17, 15) is 0 Å². The number of nitrogens with two attached hydrogens (primary N) is 1. The minimum atomic E-state index is 0.473. The van der Waals surface area contributed by atoms with Gasteiger partial charge in [0.1, 0.15) is 0 Å². The van der Waals surface area contributed by atoms with E-state index in [0.717, 1.165) is 67.7 Å². The lowest BCUT2D eigenvalue weighted by molar-refractivity contribution is 0.0853. The Balaban J connectivity index is 1.41. The highest BCUT2D eigenvalue weighted by molar-refractivity contribution is 5.77. The zero-order chi connectivity index (χ0) is 18.2. The van der Waals surface area contributed by atoms with Crippen LogP contribution in [0.3, 0.4) is 0 Å². The van der Waals surface area contributed by atoms with Crippen molar-refractivity contribution in [2.24, 2.45) is 11.7 Å².